The second kappa shape index (κ2) is 16.5. The van der Waals surface area contributed by atoms with Gasteiger partial charge in [-0.2, -0.15) is 26.3 Å². The molecule has 0 N–H and O–H groups in total. The first-order valence-corrected chi connectivity index (χ1v) is 16.4. The van der Waals surface area contributed by atoms with Crippen LogP contribution in [0, 0.1) is 0 Å². The van der Waals surface area contributed by atoms with E-state index in [9.17, 15) is 35.9 Å². The van der Waals surface area contributed by atoms with Gasteiger partial charge in [-0.1, -0.05) is 113 Å². The quantitative estimate of drug-likeness (QED) is 0.0743. The summed E-state index contributed by atoms with van der Waals surface area (Å²) in [6, 6.07) is 11.2. The highest BCUT2D eigenvalue weighted by Gasteiger charge is 2.65. The first-order chi connectivity index (χ1) is 22.9. The van der Waals surface area contributed by atoms with E-state index in [1.54, 1.807) is 0 Å². The number of halogens is 6. The number of hydrogen-bond donors (Lipinski definition) is 0. The molecule has 262 valence electrons. The molecule has 2 aromatic carbocycles. The molecule has 0 aromatic heterocycles. The van der Waals surface area contributed by atoms with Crippen molar-refractivity contribution in [3.63, 3.8) is 0 Å². The highest BCUT2D eigenvalue weighted by atomic mass is 19.4. The van der Waals surface area contributed by atoms with Crippen LogP contribution < -0.4 is 0 Å². The minimum absolute atomic E-state index is 0.00559. The topological polar surface area (TPSA) is 102 Å². The van der Waals surface area contributed by atoms with Crippen LogP contribution in [0.2, 0.25) is 0 Å². The van der Waals surface area contributed by atoms with E-state index in [1.807, 2.05) is 0 Å². The highest BCUT2D eigenvalue weighted by molar-refractivity contribution is 5.69. The summed E-state index contributed by atoms with van der Waals surface area (Å²) in [6.45, 7) is 0.0112. The van der Waals surface area contributed by atoms with Crippen LogP contribution in [0.4, 0.5) is 26.3 Å². The minimum atomic E-state index is -4.57. The summed E-state index contributed by atoms with van der Waals surface area (Å²) < 4.78 is 88.9. The summed E-state index contributed by atoms with van der Waals surface area (Å²) in [7, 11) is 0. The average Bonchev–Trinajstić information content (AvgIpc) is 3.97. The Balaban J connectivity index is 0.906. The Hall–Kier alpha value is -3.84. The fourth-order valence-corrected chi connectivity index (χ4v) is 5.33. The van der Waals surface area contributed by atoms with E-state index in [1.165, 1.54) is 48.5 Å². The van der Waals surface area contributed by atoms with E-state index in [0.29, 0.717) is 24.0 Å². The average molecular weight is 683 g/mol. The van der Waals surface area contributed by atoms with Gasteiger partial charge < -0.3 is 9.47 Å². The molecular formula is C34H40F6N4O4. The van der Waals surface area contributed by atoms with Crippen LogP contribution in [-0.2, 0) is 43.6 Å². The van der Waals surface area contributed by atoms with Crippen molar-refractivity contribution < 1.29 is 45.4 Å². The number of carbonyl (C=O) groups excluding carboxylic acids is 2. The van der Waals surface area contributed by atoms with Crippen LogP contribution in [0.15, 0.2) is 69.0 Å². The van der Waals surface area contributed by atoms with Gasteiger partial charge in [0, 0.05) is 24.0 Å². The number of rotatable bonds is 21. The van der Waals surface area contributed by atoms with Gasteiger partial charge in [-0.05, 0) is 24.0 Å². The van der Waals surface area contributed by atoms with Gasteiger partial charge in [0.05, 0.1) is 0 Å². The van der Waals surface area contributed by atoms with Crippen molar-refractivity contribution >= 4 is 11.9 Å². The summed E-state index contributed by atoms with van der Waals surface area (Å²) in [4.78, 5) is 24.0. The first-order valence-electron chi connectivity index (χ1n) is 16.4. The molecule has 0 spiro atoms. The van der Waals surface area contributed by atoms with Crippen molar-refractivity contribution in [2.45, 2.75) is 127 Å². The van der Waals surface area contributed by atoms with Crippen LogP contribution in [0.1, 0.15) is 112 Å². The standard InChI is InChI=1S/C34H40F6N4O4/c35-33(36,37)31(41-42-31)27-19-15-25(16-20-27)23-47-29(45)13-11-9-7-5-3-1-2-4-6-8-10-12-14-30(46)48-24-26-17-21-28(22-18-26)32(43-44-32)34(38,39)40/h15-22H,1-14,23-24H2. The number of nitrogens with zero attached hydrogens (tertiary/aromatic N) is 4. The van der Waals surface area contributed by atoms with Crippen LogP contribution in [0.5, 0.6) is 0 Å². The molecule has 0 saturated carbocycles. The number of carbonyl (C=O) groups is 2. The third-order valence-electron chi connectivity index (χ3n) is 8.41. The van der Waals surface area contributed by atoms with Crippen LogP contribution >= 0.6 is 0 Å². The third kappa shape index (κ3) is 10.3. The molecule has 0 amide bonds. The molecule has 0 radical (unpaired) electrons. The summed E-state index contributed by atoms with van der Waals surface area (Å²) in [6.07, 6.45) is 3.66. The van der Waals surface area contributed by atoms with Crippen molar-refractivity contribution in [2.24, 2.45) is 20.5 Å². The van der Waals surface area contributed by atoms with Crippen LogP contribution in [0.25, 0.3) is 0 Å². The summed E-state index contributed by atoms with van der Waals surface area (Å²) >= 11 is 0. The molecule has 0 saturated heterocycles. The Bertz CT molecular complexity index is 1290. The molecule has 0 unspecified atom stereocenters. The molecule has 0 bridgehead atoms. The Labute approximate surface area is 275 Å². The Morgan fingerprint density at radius 1 is 0.479 bits per heavy atom. The van der Waals surface area contributed by atoms with Gasteiger partial charge in [-0.3, -0.25) is 9.59 Å². The minimum Gasteiger partial charge on any atom is -0.461 e. The van der Waals surface area contributed by atoms with E-state index < -0.39 is 23.7 Å². The van der Waals surface area contributed by atoms with Crippen LogP contribution in [-0.4, -0.2) is 24.3 Å². The second-order valence-electron chi connectivity index (χ2n) is 12.2. The molecule has 0 atom stereocenters. The predicted octanol–water partition coefficient (Wildman–Crippen LogP) is 10.3. The molecule has 14 heteroatoms. The van der Waals surface area contributed by atoms with Crippen molar-refractivity contribution in [1.82, 2.24) is 0 Å². The number of esters is 2. The van der Waals surface area contributed by atoms with E-state index in [2.05, 4.69) is 20.5 Å². The zero-order chi connectivity index (χ0) is 34.7. The van der Waals surface area contributed by atoms with Gasteiger partial charge >= 0.3 is 35.6 Å². The second-order valence-corrected chi connectivity index (χ2v) is 12.2. The predicted molar refractivity (Wildman–Crippen MR) is 162 cm³/mol. The fraction of sp³-hybridized carbons (Fsp3) is 0.588. The number of benzene rings is 2. The van der Waals surface area contributed by atoms with E-state index >= 15 is 0 Å². The molecule has 8 nitrogen and oxygen atoms in total. The monoisotopic (exact) mass is 682 g/mol. The fourth-order valence-electron chi connectivity index (χ4n) is 5.33. The number of ether oxygens (including phenoxy) is 2. The molecule has 2 aliphatic heterocycles. The summed E-state index contributed by atoms with van der Waals surface area (Å²) in [5, 5.41) is 12.7. The van der Waals surface area contributed by atoms with E-state index in [4.69, 9.17) is 9.47 Å². The maximum atomic E-state index is 13.1. The van der Waals surface area contributed by atoms with Gasteiger partial charge in [0.15, 0.2) is 0 Å². The van der Waals surface area contributed by atoms with E-state index in [-0.39, 0.29) is 36.3 Å². The van der Waals surface area contributed by atoms with Gasteiger partial charge in [0.2, 0.25) is 0 Å². The van der Waals surface area contributed by atoms with Crippen molar-refractivity contribution in [3.05, 3.63) is 70.8 Å². The Morgan fingerprint density at radius 2 is 0.750 bits per heavy atom. The Morgan fingerprint density at radius 3 is 1.00 bits per heavy atom. The summed E-state index contributed by atoms with van der Waals surface area (Å²) in [5.41, 5.74) is -3.82. The zero-order valence-corrected chi connectivity index (χ0v) is 26.6. The maximum absolute atomic E-state index is 13.1. The smallest absolute Gasteiger partial charge is 0.442 e. The van der Waals surface area contributed by atoms with Gasteiger partial charge in [0.1, 0.15) is 13.2 Å². The SMILES string of the molecule is O=C(CCCCCCCCCCCCCCC(=O)OCc1ccc(C2(C(F)(F)F)N=N2)cc1)OCc1ccc(C2(C(F)(F)F)N=N2)cc1. The lowest BCUT2D eigenvalue weighted by Crippen LogP contribution is -2.30. The first kappa shape index (κ1) is 37.0. The van der Waals surface area contributed by atoms with Gasteiger partial charge in [-0.25, -0.2) is 0 Å². The highest BCUT2D eigenvalue weighted by Crippen LogP contribution is 2.53. The Kier molecular flexibility index (Phi) is 12.7. The lowest BCUT2D eigenvalue weighted by Gasteiger charge is -2.15. The number of unbranched alkanes of at least 4 members (excludes halogenated alkanes) is 11. The van der Waals surface area contributed by atoms with Crippen molar-refractivity contribution in [2.75, 3.05) is 0 Å². The molecule has 2 aliphatic rings. The normalized spacial score (nSPS) is 15.7. The molecule has 48 heavy (non-hydrogen) atoms. The molecular weight excluding hydrogens is 642 g/mol. The third-order valence-corrected chi connectivity index (χ3v) is 8.41. The largest absolute Gasteiger partial charge is 0.461 e. The van der Waals surface area contributed by atoms with Crippen molar-refractivity contribution in [1.29, 1.82) is 0 Å². The molecule has 0 aliphatic carbocycles. The van der Waals surface area contributed by atoms with E-state index in [0.717, 1.165) is 77.0 Å². The van der Waals surface area contributed by atoms with Crippen molar-refractivity contribution in [3.8, 4) is 0 Å². The van der Waals surface area contributed by atoms with Gasteiger partial charge in [0.25, 0.3) is 0 Å². The molecule has 4 rings (SSSR count). The zero-order valence-electron chi connectivity index (χ0n) is 26.6. The lowest BCUT2D eigenvalue weighted by atomic mass is 10.0. The maximum Gasteiger partial charge on any atom is 0.442 e. The lowest BCUT2D eigenvalue weighted by molar-refractivity contribution is -0.166. The van der Waals surface area contributed by atoms with Crippen LogP contribution in [0.3, 0.4) is 0 Å². The van der Waals surface area contributed by atoms with Gasteiger partial charge in [-0.15, -0.1) is 20.5 Å². The molecule has 2 heterocycles. The number of alkyl halides is 6. The molecule has 2 aromatic rings. The summed E-state index contributed by atoms with van der Waals surface area (Å²) in [5.74, 6) is -0.654. The number of hydrogen-bond acceptors (Lipinski definition) is 8. The molecule has 0 fully saturated rings.